The highest BCUT2D eigenvalue weighted by Gasteiger charge is 2.61. The van der Waals surface area contributed by atoms with Gasteiger partial charge < -0.3 is 15.3 Å². The van der Waals surface area contributed by atoms with Crippen molar-refractivity contribution in [1.82, 2.24) is 0 Å². The lowest BCUT2D eigenvalue weighted by Crippen LogP contribution is -2.57. The summed E-state index contributed by atoms with van der Waals surface area (Å²) in [4.78, 5) is 0. The molecule has 0 saturated heterocycles. The molecule has 22 heavy (non-hydrogen) atoms. The van der Waals surface area contributed by atoms with Crippen LogP contribution in [0.2, 0.25) is 0 Å². The minimum absolute atomic E-state index is 0.0520. The van der Waals surface area contributed by atoms with E-state index in [1.807, 2.05) is 0 Å². The highest BCUT2D eigenvalue weighted by Crippen LogP contribution is 2.65. The molecule has 8 unspecified atom stereocenters. The van der Waals surface area contributed by atoms with Gasteiger partial charge in [-0.05, 0) is 73.5 Å². The van der Waals surface area contributed by atoms with Crippen LogP contribution in [-0.4, -0.2) is 33.6 Å². The maximum atomic E-state index is 11.0. The molecule has 0 heterocycles. The Morgan fingerprint density at radius 2 is 1.82 bits per heavy atom. The van der Waals surface area contributed by atoms with E-state index in [4.69, 9.17) is 0 Å². The van der Waals surface area contributed by atoms with Crippen LogP contribution in [0.4, 0.5) is 0 Å². The second kappa shape index (κ2) is 4.81. The van der Waals surface area contributed by atoms with Crippen molar-refractivity contribution in [2.75, 3.05) is 0 Å². The fourth-order valence-electron chi connectivity index (χ4n) is 6.81. The van der Waals surface area contributed by atoms with Gasteiger partial charge in [-0.2, -0.15) is 0 Å². The van der Waals surface area contributed by atoms with E-state index in [1.54, 1.807) is 0 Å². The third-order valence-electron chi connectivity index (χ3n) is 7.97. The first kappa shape index (κ1) is 15.2. The van der Waals surface area contributed by atoms with Gasteiger partial charge in [0.15, 0.2) is 0 Å². The third kappa shape index (κ3) is 1.85. The number of aliphatic hydroxyl groups is 3. The van der Waals surface area contributed by atoms with E-state index in [0.717, 1.165) is 44.9 Å². The molecule has 0 aromatic rings. The molecule has 3 saturated carbocycles. The normalized spacial score (nSPS) is 57.6. The van der Waals surface area contributed by atoms with Crippen molar-refractivity contribution < 1.29 is 15.3 Å². The van der Waals surface area contributed by atoms with Crippen LogP contribution in [0.25, 0.3) is 0 Å². The Morgan fingerprint density at radius 1 is 1.05 bits per heavy atom. The SMILES string of the molecule is CC12CCC(O)C=C1CCC1C2C(O)CC2(C)C(O)CCC12. The zero-order valence-electron chi connectivity index (χ0n) is 13.8. The maximum Gasteiger partial charge on any atom is 0.0724 e. The molecule has 0 amide bonds. The van der Waals surface area contributed by atoms with Gasteiger partial charge in [0.25, 0.3) is 0 Å². The molecule has 0 spiro atoms. The quantitative estimate of drug-likeness (QED) is 0.603. The molecular weight excluding hydrogens is 276 g/mol. The molecule has 4 aliphatic rings. The molecule has 4 aliphatic carbocycles. The van der Waals surface area contributed by atoms with E-state index in [2.05, 4.69) is 19.9 Å². The van der Waals surface area contributed by atoms with Crippen LogP contribution in [0.1, 0.15) is 58.8 Å². The standard InChI is InChI=1S/C19H30O3/c1-18-8-7-12(20)9-11(18)3-4-13-14-5-6-16(22)19(14,2)10-15(21)17(13)18/h9,12-17,20-22H,3-8,10H2,1-2H3. The highest BCUT2D eigenvalue weighted by molar-refractivity contribution is 5.26. The molecule has 3 fully saturated rings. The van der Waals surface area contributed by atoms with Crippen molar-refractivity contribution in [1.29, 1.82) is 0 Å². The third-order valence-corrected chi connectivity index (χ3v) is 7.97. The number of aliphatic hydroxyl groups excluding tert-OH is 3. The molecule has 0 bridgehead atoms. The van der Waals surface area contributed by atoms with E-state index in [9.17, 15) is 15.3 Å². The van der Waals surface area contributed by atoms with Gasteiger partial charge in [0.2, 0.25) is 0 Å². The summed E-state index contributed by atoms with van der Waals surface area (Å²) in [6.45, 7) is 4.52. The average molecular weight is 306 g/mol. The second-order valence-electron chi connectivity index (χ2n) is 8.92. The molecule has 0 aromatic carbocycles. The first-order valence-corrected chi connectivity index (χ1v) is 9.11. The summed E-state index contributed by atoms with van der Waals surface area (Å²) in [5.41, 5.74) is 1.34. The van der Waals surface area contributed by atoms with Crippen LogP contribution in [-0.2, 0) is 0 Å². The van der Waals surface area contributed by atoms with Crippen LogP contribution in [0.5, 0.6) is 0 Å². The Morgan fingerprint density at radius 3 is 2.59 bits per heavy atom. The molecule has 3 nitrogen and oxygen atoms in total. The van der Waals surface area contributed by atoms with Gasteiger partial charge in [-0.3, -0.25) is 0 Å². The van der Waals surface area contributed by atoms with Crippen molar-refractivity contribution in [2.24, 2.45) is 28.6 Å². The van der Waals surface area contributed by atoms with Crippen LogP contribution in [0, 0.1) is 28.6 Å². The minimum atomic E-state index is -0.317. The van der Waals surface area contributed by atoms with Gasteiger partial charge in [0.05, 0.1) is 18.3 Å². The molecule has 0 aromatic heterocycles. The Labute approximate surface area is 133 Å². The van der Waals surface area contributed by atoms with Gasteiger partial charge in [-0.1, -0.05) is 25.5 Å². The number of hydrogen-bond acceptors (Lipinski definition) is 3. The summed E-state index contributed by atoms with van der Waals surface area (Å²) in [6, 6.07) is 0. The summed E-state index contributed by atoms with van der Waals surface area (Å²) in [5, 5.41) is 31.4. The van der Waals surface area contributed by atoms with Gasteiger partial charge in [-0.15, -0.1) is 0 Å². The van der Waals surface area contributed by atoms with Crippen LogP contribution < -0.4 is 0 Å². The molecule has 3 N–H and O–H groups in total. The smallest absolute Gasteiger partial charge is 0.0724 e. The number of rotatable bonds is 0. The Balaban J connectivity index is 1.72. The zero-order valence-corrected chi connectivity index (χ0v) is 13.8. The molecule has 4 rings (SSSR count). The van der Waals surface area contributed by atoms with E-state index < -0.39 is 0 Å². The Kier molecular flexibility index (Phi) is 3.32. The number of hydrogen-bond donors (Lipinski definition) is 3. The summed E-state index contributed by atoms with van der Waals surface area (Å²) < 4.78 is 0. The van der Waals surface area contributed by atoms with Crippen LogP contribution >= 0.6 is 0 Å². The summed E-state index contributed by atoms with van der Waals surface area (Å²) in [5.74, 6) is 1.40. The fourth-order valence-corrected chi connectivity index (χ4v) is 6.81. The Bertz CT molecular complexity index is 501. The Hall–Kier alpha value is -0.380. The van der Waals surface area contributed by atoms with E-state index in [0.29, 0.717) is 17.8 Å². The van der Waals surface area contributed by atoms with Gasteiger partial charge in [0, 0.05) is 0 Å². The van der Waals surface area contributed by atoms with E-state index in [-0.39, 0.29) is 29.1 Å². The monoisotopic (exact) mass is 306 g/mol. The van der Waals surface area contributed by atoms with Crippen molar-refractivity contribution in [3.8, 4) is 0 Å². The first-order valence-electron chi connectivity index (χ1n) is 9.11. The first-order chi connectivity index (χ1) is 10.4. The number of fused-ring (bicyclic) bond motifs is 5. The second-order valence-corrected chi connectivity index (χ2v) is 8.92. The van der Waals surface area contributed by atoms with Gasteiger partial charge >= 0.3 is 0 Å². The molecular formula is C19H30O3. The fraction of sp³-hybridized carbons (Fsp3) is 0.895. The van der Waals surface area contributed by atoms with E-state index >= 15 is 0 Å². The maximum absolute atomic E-state index is 11.0. The van der Waals surface area contributed by atoms with E-state index in [1.165, 1.54) is 5.57 Å². The molecule has 0 aliphatic heterocycles. The minimum Gasteiger partial charge on any atom is -0.393 e. The van der Waals surface area contributed by atoms with Crippen molar-refractivity contribution in [3.05, 3.63) is 11.6 Å². The average Bonchev–Trinajstić information content (AvgIpc) is 2.75. The summed E-state index contributed by atoms with van der Waals surface area (Å²) in [7, 11) is 0. The van der Waals surface area contributed by atoms with Crippen molar-refractivity contribution in [2.45, 2.75) is 77.1 Å². The topological polar surface area (TPSA) is 60.7 Å². The molecule has 8 atom stereocenters. The highest BCUT2D eigenvalue weighted by atomic mass is 16.3. The largest absolute Gasteiger partial charge is 0.393 e. The van der Waals surface area contributed by atoms with Gasteiger partial charge in [-0.25, -0.2) is 0 Å². The number of allylic oxidation sites excluding steroid dienone is 1. The van der Waals surface area contributed by atoms with Crippen molar-refractivity contribution >= 4 is 0 Å². The van der Waals surface area contributed by atoms with Gasteiger partial charge in [0.1, 0.15) is 0 Å². The lowest BCUT2D eigenvalue weighted by molar-refractivity contribution is -0.141. The predicted octanol–water partition coefficient (Wildman–Crippen LogP) is 2.64. The predicted molar refractivity (Wildman–Crippen MR) is 85.1 cm³/mol. The summed E-state index contributed by atoms with van der Waals surface area (Å²) in [6.07, 6.45) is 7.96. The molecule has 124 valence electrons. The summed E-state index contributed by atoms with van der Waals surface area (Å²) >= 11 is 0. The molecule has 3 heteroatoms. The lowest BCUT2D eigenvalue weighted by atomic mass is 9.46. The molecule has 0 radical (unpaired) electrons. The lowest BCUT2D eigenvalue weighted by Gasteiger charge is -2.59. The van der Waals surface area contributed by atoms with Crippen molar-refractivity contribution in [3.63, 3.8) is 0 Å². The zero-order chi connectivity index (χ0) is 15.7. The van der Waals surface area contributed by atoms with Crippen LogP contribution in [0.3, 0.4) is 0 Å². The van der Waals surface area contributed by atoms with Crippen LogP contribution in [0.15, 0.2) is 11.6 Å².